The highest BCUT2D eigenvalue weighted by atomic mass is 127. The number of hydrogen-bond acceptors (Lipinski definition) is 2. The average molecular weight is 477 g/mol. The third-order valence-electron chi connectivity index (χ3n) is 4.74. The maximum absolute atomic E-state index is 13.4. The molecule has 4 nitrogen and oxygen atoms in total. The summed E-state index contributed by atoms with van der Waals surface area (Å²) in [6.07, 6.45) is 2.54. The minimum Gasteiger partial charge on any atom is -0.377 e. The summed E-state index contributed by atoms with van der Waals surface area (Å²) in [5.74, 6) is 1.07. The van der Waals surface area contributed by atoms with Gasteiger partial charge in [-0.2, -0.15) is 0 Å². The summed E-state index contributed by atoms with van der Waals surface area (Å²) >= 11 is 0. The van der Waals surface area contributed by atoms with Gasteiger partial charge in [-0.15, -0.1) is 24.0 Å². The van der Waals surface area contributed by atoms with E-state index in [-0.39, 0.29) is 41.3 Å². The van der Waals surface area contributed by atoms with Gasteiger partial charge in [0, 0.05) is 32.7 Å². The Morgan fingerprint density at radius 1 is 1.31 bits per heavy atom. The number of aryl methyl sites for hydroxylation is 1. The predicted octanol–water partition coefficient (Wildman–Crippen LogP) is 4.26. The van der Waals surface area contributed by atoms with Crippen molar-refractivity contribution in [1.29, 1.82) is 0 Å². The predicted molar refractivity (Wildman–Crippen MR) is 117 cm³/mol. The van der Waals surface area contributed by atoms with Crippen molar-refractivity contribution in [1.82, 2.24) is 10.6 Å². The van der Waals surface area contributed by atoms with Gasteiger partial charge in [-0.25, -0.2) is 4.39 Å². The molecule has 1 saturated heterocycles. The third kappa shape index (κ3) is 6.68. The highest BCUT2D eigenvalue weighted by molar-refractivity contribution is 14.0. The lowest BCUT2D eigenvalue weighted by molar-refractivity contribution is -0.0835. The number of nitrogens with zero attached hydrogens (tertiary/aromatic N) is 1. The number of rotatable bonds is 4. The van der Waals surface area contributed by atoms with Crippen LogP contribution in [0.3, 0.4) is 0 Å². The van der Waals surface area contributed by atoms with Crippen molar-refractivity contribution in [2.24, 2.45) is 16.3 Å². The Bertz CT molecular complexity index is 601. The van der Waals surface area contributed by atoms with Gasteiger partial charge in [0.25, 0.3) is 0 Å². The zero-order valence-corrected chi connectivity index (χ0v) is 18.9. The third-order valence-corrected chi connectivity index (χ3v) is 4.74. The molecule has 0 radical (unpaired) electrons. The van der Waals surface area contributed by atoms with Crippen LogP contribution >= 0.6 is 24.0 Å². The number of nitrogens with one attached hydrogen (secondary N) is 2. The number of ether oxygens (including phenoxy) is 1. The smallest absolute Gasteiger partial charge is 0.191 e. The highest BCUT2D eigenvalue weighted by Crippen LogP contribution is 2.33. The highest BCUT2D eigenvalue weighted by Gasteiger charge is 2.35. The minimum absolute atomic E-state index is 0. The van der Waals surface area contributed by atoms with Crippen LogP contribution in [0.4, 0.5) is 4.39 Å². The summed E-state index contributed by atoms with van der Waals surface area (Å²) < 4.78 is 19.4. The molecule has 0 aliphatic carbocycles. The molecule has 2 atom stereocenters. The number of hydrogen-bond donors (Lipinski definition) is 2. The van der Waals surface area contributed by atoms with E-state index in [1.165, 1.54) is 12.5 Å². The summed E-state index contributed by atoms with van der Waals surface area (Å²) in [4.78, 5) is 4.29. The molecule has 1 aliphatic heterocycles. The zero-order chi connectivity index (χ0) is 18.4. The van der Waals surface area contributed by atoms with Gasteiger partial charge in [-0.3, -0.25) is 4.99 Å². The SMILES string of the molecule is CN=C(NCc1ccc(F)c(C)c1)NCC1CCCOC1C(C)(C)C.I. The summed E-state index contributed by atoms with van der Waals surface area (Å²) in [7, 11) is 1.77. The Kier molecular flexibility index (Phi) is 9.30. The lowest BCUT2D eigenvalue weighted by Crippen LogP contribution is -2.47. The fourth-order valence-corrected chi connectivity index (χ4v) is 3.46. The second-order valence-electron chi connectivity index (χ2n) is 7.95. The standard InChI is InChI=1S/C20H32FN3O.HI/c1-14-11-15(8-9-17(14)21)12-23-19(22-5)24-13-16-7-6-10-25-18(16)20(2,3)4;/h8-9,11,16,18H,6-7,10,12-13H2,1-5H3,(H2,22,23,24);1H. The molecule has 0 bridgehead atoms. The van der Waals surface area contributed by atoms with E-state index in [1.807, 2.05) is 6.07 Å². The van der Waals surface area contributed by atoms with Crippen molar-refractivity contribution < 1.29 is 9.13 Å². The van der Waals surface area contributed by atoms with E-state index in [0.717, 1.165) is 31.1 Å². The first-order valence-corrected chi connectivity index (χ1v) is 9.12. The fraction of sp³-hybridized carbons (Fsp3) is 0.650. The molecular weight excluding hydrogens is 444 g/mol. The number of aliphatic imine (C=N–C) groups is 1. The topological polar surface area (TPSA) is 45.7 Å². The van der Waals surface area contributed by atoms with Crippen LogP contribution in [-0.2, 0) is 11.3 Å². The van der Waals surface area contributed by atoms with Gasteiger partial charge in [-0.05, 0) is 42.4 Å². The van der Waals surface area contributed by atoms with Crippen molar-refractivity contribution in [2.75, 3.05) is 20.2 Å². The Labute approximate surface area is 174 Å². The second kappa shape index (κ2) is 10.4. The van der Waals surface area contributed by atoms with Gasteiger partial charge in [0.15, 0.2) is 5.96 Å². The minimum atomic E-state index is -0.170. The van der Waals surface area contributed by atoms with Crippen LogP contribution < -0.4 is 10.6 Å². The van der Waals surface area contributed by atoms with Crippen molar-refractivity contribution in [2.45, 2.75) is 53.2 Å². The van der Waals surface area contributed by atoms with E-state index in [2.05, 4.69) is 36.4 Å². The molecule has 2 rings (SSSR count). The lowest BCUT2D eigenvalue weighted by Gasteiger charge is -2.40. The first kappa shape index (κ1) is 23.1. The molecule has 26 heavy (non-hydrogen) atoms. The quantitative estimate of drug-likeness (QED) is 0.387. The maximum atomic E-state index is 13.4. The largest absolute Gasteiger partial charge is 0.377 e. The molecule has 1 aromatic carbocycles. The summed E-state index contributed by atoms with van der Waals surface area (Å²) in [6, 6.07) is 5.17. The molecule has 6 heteroatoms. The Balaban J connectivity index is 0.00000338. The van der Waals surface area contributed by atoms with Gasteiger partial charge in [0.05, 0.1) is 6.10 Å². The van der Waals surface area contributed by atoms with E-state index < -0.39 is 0 Å². The van der Waals surface area contributed by atoms with Crippen molar-refractivity contribution in [3.05, 3.63) is 35.1 Å². The average Bonchev–Trinajstić information content (AvgIpc) is 2.57. The molecule has 1 heterocycles. The number of halogens is 2. The Hall–Kier alpha value is -0.890. The molecular formula is C20H33FIN3O. The number of guanidine groups is 1. The Morgan fingerprint density at radius 2 is 2.04 bits per heavy atom. The molecule has 1 aliphatic rings. The molecule has 2 N–H and O–H groups in total. The fourth-order valence-electron chi connectivity index (χ4n) is 3.46. The van der Waals surface area contributed by atoms with E-state index in [1.54, 1.807) is 20.0 Å². The van der Waals surface area contributed by atoms with Gasteiger partial charge < -0.3 is 15.4 Å². The van der Waals surface area contributed by atoms with Crippen molar-refractivity contribution in [3.8, 4) is 0 Å². The molecule has 0 aromatic heterocycles. The van der Waals surface area contributed by atoms with Crippen LogP contribution in [0.15, 0.2) is 23.2 Å². The van der Waals surface area contributed by atoms with E-state index in [0.29, 0.717) is 18.0 Å². The van der Waals surface area contributed by atoms with Crippen LogP contribution in [0.2, 0.25) is 0 Å². The van der Waals surface area contributed by atoms with E-state index in [9.17, 15) is 4.39 Å². The van der Waals surface area contributed by atoms with Crippen molar-refractivity contribution >= 4 is 29.9 Å². The Morgan fingerprint density at radius 3 is 2.65 bits per heavy atom. The van der Waals surface area contributed by atoms with Crippen LogP contribution in [0.1, 0.15) is 44.7 Å². The first-order chi connectivity index (χ1) is 11.8. The molecule has 0 spiro atoms. The molecule has 1 fully saturated rings. The molecule has 1 aromatic rings. The van der Waals surface area contributed by atoms with Crippen LogP contribution in [0.25, 0.3) is 0 Å². The van der Waals surface area contributed by atoms with Gasteiger partial charge >= 0.3 is 0 Å². The number of benzene rings is 1. The zero-order valence-electron chi connectivity index (χ0n) is 16.6. The van der Waals surface area contributed by atoms with Gasteiger partial charge in [0.2, 0.25) is 0 Å². The molecule has 2 unspecified atom stereocenters. The van der Waals surface area contributed by atoms with Crippen LogP contribution in [0.5, 0.6) is 0 Å². The second-order valence-corrected chi connectivity index (χ2v) is 7.95. The van der Waals surface area contributed by atoms with Gasteiger partial charge in [0.1, 0.15) is 5.82 Å². The van der Waals surface area contributed by atoms with E-state index >= 15 is 0 Å². The van der Waals surface area contributed by atoms with Gasteiger partial charge in [-0.1, -0.05) is 32.9 Å². The summed E-state index contributed by atoms with van der Waals surface area (Å²) in [5, 5.41) is 6.72. The lowest BCUT2D eigenvalue weighted by atomic mass is 9.78. The molecule has 0 amide bonds. The monoisotopic (exact) mass is 477 g/mol. The maximum Gasteiger partial charge on any atom is 0.191 e. The molecule has 0 saturated carbocycles. The van der Waals surface area contributed by atoms with Crippen LogP contribution in [-0.4, -0.2) is 32.3 Å². The first-order valence-electron chi connectivity index (χ1n) is 9.12. The summed E-state index contributed by atoms with van der Waals surface area (Å²) in [5.41, 5.74) is 1.83. The summed E-state index contributed by atoms with van der Waals surface area (Å²) in [6.45, 7) is 10.8. The normalized spacial score (nSPS) is 21.1. The molecule has 148 valence electrons. The van der Waals surface area contributed by atoms with E-state index in [4.69, 9.17) is 4.74 Å². The van der Waals surface area contributed by atoms with Crippen molar-refractivity contribution in [3.63, 3.8) is 0 Å². The van der Waals surface area contributed by atoms with Crippen LogP contribution in [0, 0.1) is 24.1 Å².